The molecule has 0 N–H and O–H groups in total. The van der Waals surface area contributed by atoms with Crippen LogP contribution in [0.5, 0.6) is 5.75 Å². The normalized spacial score (nSPS) is 14.8. The molecule has 1 amide bonds. The minimum absolute atomic E-state index is 0.177. The van der Waals surface area contributed by atoms with Gasteiger partial charge in [-0.25, -0.2) is 13.4 Å². The highest BCUT2D eigenvalue weighted by atomic mass is 32.2. The van der Waals surface area contributed by atoms with Crippen molar-refractivity contribution >= 4 is 42.4 Å². The van der Waals surface area contributed by atoms with Crippen molar-refractivity contribution in [2.24, 2.45) is 0 Å². The van der Waals surface area contributed by atoms with Gasteiger partial charge in [-0.15, -0.1) is 0 Å². The number of carbonyl (C=O) groups excluding carboxylic acids is 1. The molecular formula is C21H23N3O4S2. The van der Waals surface area contributed by atoms with Crippen molar-refractivity contribution in [3.63, 3.8) is 0 Å². The van der Waals surface area contributed by atoms with Crippen molar-refractivity contribution in [2.75, 3.05) is 43.4 Å². The molecule has 0 bridgehead atoms. The number of nitrogens with zero attached hydrogens (tertiary/aromatic N) is 3. The van der Waals surface area contributed by atoms with Gasteiger partial charge < -0.3 is 14.5 Å². The lowest BCUT2D eigenvalue weighted by Crippen LogP contribution is -2.50. The van der Waals surface area contributed by atoms with Gasteiger partial charge in [0.15, 0.2) is 15.0 Å². The first-order valence-corrected chi connectivity index (χ1v) is 12.3. The third-order valence-corrected chi connectivity index (χ3v) is 7.69. The zero-order chi connectivity index (χ0) is 21.1. The molecular weight excluding hydrogens is 422 g/mol. The number of hydrogen-bond donors (Lipinski definition) is 0. The number of carbonyl (C=O) groups is 1. The van der Waals surface area contributed by atoms with E-state index in [1.54, 1.807) is 34.4 Å². The van der Waals surface area contributed by atoms with E-state index in [9.17, 15) is 13.2 Å². The average molecular weight is 446 g/mol. The van der Waals surface area contributed by atoms with E-state index in [2.05, 4.69) is 4.90 Å². The number of fused-ring (bicyclic) bond motifs is 1. The lowest BCUT2D eigenvalue weighted by Gasteiger charge is -2.34. The molecule has 0 unspecified atom stereocenters. The summed E-state index contributed by atoms with van der Waals surface area (Å²) in [6, 6.07) is 14.0. The Morgan fingerprint density at radius 3 is 2.50 bits per heavy atom. The lowest BCUT2D eigenvalue weighted by atomic mass is 10.3. The first kappa shape index (κ1) is 20.6. The number of rotatable bonds is 6. The van der Waals surface area contributed by atoms with E-state index in [0.29, 0.717) is 32.8 Å². The Bertz CT molecular complexity index is 1140. The van der Waals surface area contributed by atoms with E-state index in [-0.39, 0.29) is 10.8 Å². The van der Waals surface area contributed by atoms with E-state index in [0.717, 1.165) is 21.1 Å². The number of hydrogen-bond acceptors (Lipinski definition) is 7. The Balaban J connectivity index is 1.41. The van der Waals surface area contributed by atoms with Crippen molar-refractivity contribution in [1.82, 2.24) is 9.88 Å². The van der Waals surface area contributed by atoms with E-state index in [4.69, 9.17) is 9.72 Å². The SMILES string of the molecule is CCOc1cccc2sc(N3CCN(C(=O)CS(=O)(=O)c4ccccc4)CC3)nc12. The van der Waals surface area contributed by atoms with Gasteiger partial charge in [-0.2, -0.15) is 0 Å². The summed E-state index contributed by atoms with van der Waals surface area (Å²) in [4.78, 5) is 21.3. The summed E-state index contributed by atoms with van der Waals surface area (Å²) < 4.78 is 31.7. The van der Waals surface area contributed by atoms with E-state index < -0.39 is 15.6 Å². The van der Waals surface area contributed by atoms with Crippen molar-refractivity contribution in [3.05, 3.63) is 48.5 Å². The van der Waals surface area contributed by atoms with Crippen molar-refractivity contribution in [2.45, 2.75) is 11.8 Å². The topological polar surface area (TPSA) is 79.8 Å². The molecule has 30 heavy (non-hydrogen) atoms. The summed E-state index contributed by atoms with van der Waals surface area (Å²) in [6.07, 6.45) is 0. The van der Waals surface area contributed by atoms with Gasteiger partial charge in [0.1, 0.15) is 17.0 Å². The molecule has 1 saturated heterocycles. The standard InChI is InChI=1S/C21H23N3O4S2/c1-2-28-17-9-6-10-18-20(17)22-21(29-18)24-13-11-23(12-14-24)19(25)15-30(26,27)16-7-4-3-5-8-16/h3-10H,2,11-15H2,1H3. The average Bonchev–Trinajstić information content (AvgIpc) is 3.20. The second-order valence-corrected chi connectivity index (χ2v) is 9.97. The number of thiazole rings is 1. The predicted octanol–water partition coefficient (Wildman–Crippen LogP) is 2.82. The van der Waals surface area contributed by atoms with E-state index >= 15 is 0 Å². The highest BCUT2D eigenvalue weighted by Crippen LogP contribution is 2.34. The molecule has 2 aromatic carbocycles. The number of piperazine rings is 1. The second kappa shape index (κ2) is 8.61. The van der Waals surface area contributed by atoms with Crippen LogP contribution in [0.2, 0.25) is 0 Å². The highest BCUT2D eigenvalue weighted by Gasteiger charge is 2.27. The Morgan fingerprint density at radius 1 is 1.07 bits per heavy atom. The fraction of sp³-hybridized carbons (Fsp3) is 0.333. The number of benzene rings is 2. The van der Waals surface area contributed by atoms with Crippen LogP contribution in [0.1, 0.15) is 6.92 Å². The monoisotopic (exact) mass is 445 g/mol. The number of sulfone groups is 1. The van der Waals surface area contributed by atoms with Crippen LogP contribution in [0, 0.1) is 0 Å². The molecule has 0 atom stereocenters. The quantitative estimate of drug-likeness (QED) is 0.581. The smallest absolute Gasteiger partial charge is 0.238 e. The van der Waals surface area contributed by atoms with Crippen LogP contribution in [-0.2, 0) is 14.6 Å². The lowest BCUT2D eigenvalue weighted by molar-refractivity contribution is -0.128. The Morgan fingerprint density at radius 2 is 1.80 bits per heavy atom. The van der Waals surface area contributed by atoms with Gasteiger partial charge in [-0.1, -0.05) is 35.6 Å². The van der Waals surface area contributed by atoms with Crippen LogP contribution < -0.4 is 9.64 Å². The molecule has 2 heterocycles. The molecule has 0 radical (unpaired) electrons. The molecule has 0 spiro atoms. The summed E-state index contributed by atoms with van der Waals surface area (Å²) in [7, 11) is -3.63. The summed E-state index contributed by atoms with van der Waals surface area (Å²) in [5, 5.41) is 0.890. The first-order chi connectivity index (χ1) is 14.5. The highest BCUT2D eigenvalue weighted by molar-refractivity contribution is 7.92. The van der Waals surface area contributed by atoms with Gasteiger partial charge in [0, 0.05) is 26.2 Å². The third-order valence-electron chi connectivity index (χ3n) is 4.99. The molecule has 4 rings (SSSR count). The maximum absolute atomic E-state index is 12.6. The fourth-order valence-electron chi connectivity index (χ4n) is 3.43. The van der Waals surface area contributed by atoms with Crippen molar-refractivity contribution in [3.8, 4) is 5.75 Å². The van der Waals surface area contributed by atoms with Crippen LogP contribution in [0.15, 0.2) is 53.4 Å². The fourth-order valence-corrected chi connectivity index (χ4v) is 5.71. The van der Waals surface area contributed by atoms with E-state index in [1.165, 1.54) is 12.1 Å². The zero-order valence-corrected chi connectivity index (χ0v) is 18.3. The number of ether oxygens (including phenoxy) is 1. The van der Waals surface area contributed by atoms with Crippen LogP contribution in [0.4, 0.5) is 5.13 Å². The molecule has 1 fully saturated rings. The van der Waals surface area contributed by atoms with Crippen LogP contribution in [0.3, 0.4) is 0 Å². The molecule has 7 nitrogen and oxygen atoms in total. The molecule has 9 heteroatoms. The van der Waals surface area contributed by atoms with Crippen molar-refractivity contribution < 1.29 is 17.9 Å². The van der Waals surface area contributed by atoms with Gasteiger partial charge >= 0.3 is 0 Å². The van der Waals surface area contributed by atoms with Gasteiger partial charge in [0.05, 0.1) is 16.2 Å². The number of anilines is 1. The van der Waals surface area contributed by atoms with Crippen molar-refractivity contribution in [1.29, 1.82) is 0 Å². The number of amides is 1. The maximum Gasteiger partial charge on any atom is 0.238 e. The minimum Gasteiger partial charge on any atom is -0.492 e. The molecule has 1 aliphatic rings. The summed E-state index contributed by atoms with van der Waals surface area (Å²) in [5.41, 5.74) is 0.854. The molecule has 1 aliphatic heterocycles. The second-order valence-electron chi connectivity index (χ2n) is 6.97. The zero-order valence-electron chi connectivity index (χ0n) is 16.7. The molecule has 1 aromatic heterocycles. The number of para-hydroxylation sites is 1. The molecule has 3 aromatic rings. The number of aromatic nitrogens is 1. The van der Waals surface area contributed by atoms with Gasteiger partial charge in [0.25, 0.3) is 0 Å². The minimum atomic E-state index is -3.63. The van der Waals surface area contributed by atoms with Crippen LogP contribution in [-0.4, -0.2) is 62.7 Å². The Kier molecular flexibility index (Phi) is 5.92. The first-order valence-electron chi connectivity index (χ1n) is 9.81. The maximum atomic E-state index is 12.6. The molecule has 0 aliphatic carbocycles. The molecule has 158 valence electrons. The van der Waals surface area contributed by atoms with Gasteiger partial charge in [0.2, 0.25) is 5.91 Å². The van der Waals surface area contributed by atoms with E-state index in [1.807, 2.05) is 25.1 Å². The van der Waals surface area contributed by atoms with Crippen LogP contribution >= 0.6 is 11.3 Å². The Hall–Kier alpha value is -2.65. The summed E-state index contributed by atoms with van der Waals surface area (Å²) in [5.74, 6) is -0.0885. The predicted molar refractivity (Wildman–Crippen MR) is 118 cm³/mol. The summed E-state index contributed by atoms with van der Waals surface area (Å²) in [6.45, 7) is 4.69. The van der Waals surface area contributed by atoms with Gasteiger partial charge in [-0.3, -0.25) is 4.79 Å². The summed E-state index contributed by atoms with van der Waals surface area (Å²) >= 11 is 1.60. The van der Waals surface area contributed by atoms with Crippen LogP contribution in [0.25, 0.3) is 10.2 Å². The Labute approximate surface area is 179 Å². The third kappa shape index (κ3) is 4.27. The van der Waals surface area contributed by atoms with Gasteiger partial charge in [-0.05, 0) is 31.2 Å². The largest absolute Gasteiger partial charge is 0.492 e. The molecule has 0 saturated carbocycles.